The number of nitrogens with one attached hydrogen (secondary N) is 1. The van der Waals surface area contributed by atoms with Crippen molar-refractivity contribution < 1.29 is 4.92 Å². The van der Waals surface area contributed by atoms with Crippen LogP contribution >= 0.6 is 11.8 Å². The Kier molecular flexibility index (Phi) is 3.88. The molecule has 6 nitrogen and oxygen atoms in total. The molecule has 1 atom stereocenters. The van der Waals surface area contributed by atoms with Crippen molar-refractivity contribution >= 4 is 23.3 Å². The Balaban J connectivity index is 1.95. The molecule has 0 spiro atoms. The summed E-state index contributed by atoms with van der Waals surface area (Å²) >= 11 is 1.94. The predicted molar refractivity (Wildman–Crippen MR) is 68.4 cm³/mol. The third-order valence-electron chi connectivity index (χ3n) is 2.78. The highest BCUT2D eigenvalue weighted by Crippen LogP contribution is 2.27. The average molecular weight is 256 g/mol. The maximum absolute atomic E-state index is 10.8. The lowest BCUT2D eigenvalue weighted by atomic mass is 10.2. The summed E-state index contributed by atoms with van der Waals surface area (Å²) in [6, 6.07) is 0. The lowest BCUT2D eigenvalue weighted by Gasteiger charge is -2.21. The molecule has 94 valence electrons. The molecule has 1 fully saturated rings. The monoisotopic (exact) mass is 256 g/mol. The van der Waals surface area contributed by atoms with E-state index in [0.29, 0.717) is 11.1 Å². The number of nitro groups is 1. The van der Waals surface area contributed by atoms with Crippen LogP contribution in [0.1, 0.15) is 19.3 Å². The lowest BCUT2D eigenvalue weighted by molar-refractivity contribution is -0.384. The van der Waals surface area contributed by atoms with Crippen LogP contribution in [0.4, 0.5) is 11.5 Å². The molecule has 1 aromatic heterocycles. The van der Waals surface area contributed by atoms with Crippen LogP contribution in [0.3, 0.4) is 0 Å². The summed E-state index contributed by atoms with van der Waals surface area (Å²) in [4.78, 5) is 10.4. The number of anilines is 1. The van der Waals surface area contributed by atoms with E-state index in [1.807, 2.05) is 11.8 Å². The molecule has 1 unspecified atom stereocenters. The summed E-state index contributed by atoms with van der Waals surface area (Å²) in [6.45, 7) is 0.752. The molecule has 0 aromatic carbocycles. The summed E-state index contributed by atoms with van der Waals surface area (Å²) in [7, 11) is 1.69. The molecule has 1 N–H and O–H groups in total. The van der Waals surface area contributed by atoms with Gasteiger partial charge in [0.05, 0.1) is 4.92 Å². The number of rotatable bonds is 4. The van der Waals surface area contributed by atoms with Gasteiger partial charge in [-0.1, -0.05) is 6.42 Å². The van der Waals surface area contributed by atoms with Crippen LogP contribution in [-0.2, 0) is 7.05 Å². The van der Waals surface area contributed by atoms with Crippen LogP contribution in [0.5, 0.6) is 0 Å². The maximum atomic E-state index is 10.8. The van der Waals surface area contributed by atoms with Crippen LogP contribution in [0.2, 0.25) is 0 Å². The van der Waals surface area contributed by atoms with Gasteiger partial charge in [0.1, 0.15) is 6.20 Å². The second-order valence-corrected chi connectivity index (χ2v) is 5.57. The number of aromatic nitrogens is 2. The minimum Gasteiger partial charge on any atom is -0.362 e. The normalized spacial score (nSPS) is 20.2. The third kappa shape index (κ3) is 3.12. The molecule has 1 saturated heterocycles. The van der Waals surface area contributed by atoms with Gasteiger partial charge in [-0.15, -0.1) is 5.10 Å². The Bertz CT molecular complexity index is 401. The van der Waals surface area contributed by atoms with Gasteiger partial charge in [-0.3, -0.25) is 14.8 Å². The smallest absolute Gasteiger partial charge is 0.330 e. The highest BCUT2D eigenvalue weighted by molar-refractivity contribution is 7.99. The van der Waals surface area contributed by atoms with Gasteiger partial charge in [0.15, 0.2) is 0 Å². The molecular weight excluding hydrogens is 240 g/mol. The summed E-state index contributed by atoms with van der Waals surface area (Å²) in [6.07, 6.45) is 5.14. The maximum Gasteiger partial charge on any atom is 0.330 e. The molecule has 1 aliphatic heterocycles. The molecule has 0 radical (unpaired) electrons. The zero-order chi connectivity index (χ0) is 12.3. The fourth-order valence-electron chi connectivity index (χ4n) is 1.91. The number of nitrogens with zero attached hydrogens (tertiary/aromatic N) is 3. The van der Waals surface area contributed by atoms with Gasteiger partial charge in [0.25, 0.3) is 0 Å². The minimum atomic E-state index is -0.399. The van der Waals surface area contributed by atoms with Gasteiger partial charge in [-0.2, -0.15) is 11.8 Å². The largest absolute Gasteiger partial charge is 0.362 e. The van der Waals surface area contributed by atoms with E-state index < -0.39 is 4.92 Å². The van der Waals surface area contributed by atoms with Crippen molar-refractivity contribution in [2.75, 3.05) is 17.6 Å². The first-order valence-electron chi connectivity index (χ1n) is 5.70. The molecule has 17 heavy (non-hydrogen) atoms. The van der Waals surface area contributed by atoms with Crippen molar-refractivity contribution in [3.05, 3.63) is 16.3 Å². The molecule has 0 saturated carbocycles. The Morgan fingerprint density at radius 3 is 3.18 bits per heavy atom. The zero-order valence-electron chi connectivity index (χ0n) is 9.76. The van der Waals surface area contributed by atoms with Crippen LogP contribution in [-0.4, -0.2) is 32.3 Å². The van der Waals surface area contributed by atoms with E-state index in [0.717, 1.165) is 6.54 Å². The number of hydrogen-bond donors (Lipinski definition) is 1. The van der Waals surface area contributed by atoms with Crippen LogP contribution in [0, 0.1) is 10.1 Å². The van der Waals surface area contributed by atoms with E-state index >= 15 is 0 Å². The van der Waals surface area contributed by atoms with E-state index in [9.17, 15) is 10.1 Å². The van der Waals surface area contributed by atoms with Crippen molar-refractivity contribution in [2.24, 2.45) is 7.05 Å². The van der Waals surface area contributed by atoms with Crippen molar-refractivity contribution in [3.63, 3.8) is 0 Å². The Labute approximate surface area is 104 Å². The Morgan fingerprint density at radius 2 is 2.53 bits per heavy atom. The summed E-state index contributed by atoms with van der Waals surface area (Å²) < 4.78 is 1.47. The first-order valence-corrected chi connectivity index (χ1v) is 6.75. The SMILES string of the molecule is Cn1cc([N+](=O)[O-])c(NCC2CCCCS2)n1. The molecule has 1 aromatic rings. The van der Waals surface area contributed by atoms with Crippen LogP contribution in [0.15, 0.2) is 6.20 Å². The fourth-order valence-corrected chi connectivity index (χ4v) is 3.15. The van der Waals surface area contributed by atoms with Gasteiger partial charge in [0.2, 0.25) is 5.82 Å². The number of hydrogen-bond acceptors (Lipinski definition) is 5. The van der Waals surface area contributed by atoms with E-state index in [2.05, 4.69) is 10.4 Å². The van der Waals surface area contributed by atoms with E-state index in [4.69, 9.17) is 0 Å². The highest BCUT2D eigenvalue weighted by atomic mass is 32.2. The molecule has 2 heterocycles. The van der Waals surface area contributed by atoms with Crippen LogP contribution < -0.4 is 5.32 Å². The third-order valence-corrected chi connectivity index (χ3v) is 4.18. The van der Waals surface area contributed by atoms with Crippen molar-refractivity contribution in [3.8, 4) is 0 Å². The predicted octanol–water partition coefficient (Wildman–Crippen LogP) is 2.03. The molecule has 0 bridgehead atoms. The van der Waals surface area contributed by atoms with Crippen molar-refractivity contribution in [2.45, 2.75) is 24.5 Å². The van der Waals surface area contributed by atoms with Crippen molar-refractivity contribution in [1.29, 1.82) is 0 Å². The van der Waals surface area contributed by atoms with Gasteiger partial charge in [-0.05, 0) is 18.6 Å². The topological polar surface area (TPSA) is 73.0 Å². The molecule has 2 rings (SSSR count). The Morgan fingerprint density at radius 1 is 1.71 bits per heavy atom. The quantitative estimate of drug-likeness (QED) is 0.659. The molecule has 1 aliphatic rings. The molecule has 0 aliphatic carbocycles. The highest BCUT2D eigenvalue weighted by Gasteiger charge is 2.20. The molecular formula is C10H16N4O2S. The summed E-state index contributed by atoms with van der Waals surface area (Å²) in [5.74, 6) is 1.57. The van der Waals surface area contributed by atoms with Gasteiger partial charge < -0.3 is 5.32 Å². The Hall–Kier alpha value is -1.24. The second-order valence-electron chi connectivity index (χ2n) is 4.16. The zero-order valence-corrected chi connectivity index (χ0v) is 10.6. The first kappa shape index (κ1) is 12.2. The fraction of sp³-hybridized carbons (Fsp3) is 0.700. The van der Waals surface area contributed by atoms with Gasteiger partial charge in [-0.25, -0.2) is 0 Å². The standard InChI is InChI=1S/C10H16N4O2S/c1-13-7-9(14(15)16)10(12-13)11-6-8-4-2-3-5-17-8/h7-8H,2-6H2,1H3,(H,11,12). The molecule has 0 amide bonds. The second kappa shape index (κ2) is 5.39. The van der Waals surface area contributed by atoms with E-state index in [1.165, 1.54) is 35.9 Å². The van der Waals surface area contributed by atoms with Crippen molar-refractivity contribution in [1.82, 2.24) is 9.78 Å². The van der Waals surface area contributed by atoms with Gasteiger partial charge in [0, 0.05) is 18.8 Å². The number of aryl methyl sites for hydroxylation is 1. The van der Waals surface area contributed by atoms with Crippen LogP contribution in [0.25, 0.3) is 0 Å². The lowest BCUT2D eigenvalue weighted by Crippen LogP contribution is -2.20. The summed E-state index contributed by atoms with van der Waals surface area (Å²) in [5.41, 5.74) is 0.0494. The number of thioether (sulfide) groups is 1. The van der Waals surface area contributed by atoms with E-state index in [1.54, 1.807) is 7.05 Å². The molecule has 7 heteroatoms. The first-order chi connectivity index (χ1) is 8.16. The summed E-state index contributed by atoms with van der Waals surface area (Å²) in [5, 5.41) is 18.5. The minimum absolute atomic E-state index is 0.0494. The van der Waals surface area contributed by atoms with Gasteiger partial charge >= 0.3 is 5.69 Å². The average Bonchev–Trinajstić information content (AvgIpc) is 2.69. The van der Waals surface area contributed by atoms with E-state index in [-0.39, 0.29) is 5.69 Å².